The number of aromatic hydroxyl groups is 1. The van der Waals surface area contributed by atoms with Crippen molar-refractivity contribution in [3.8, 4) is 17.4 Å². The number of imidazole rings is 1. The Kier molecular flexibility index (Phi) is 3.53. The first-order chi connectivity index (χ1) is 7.99. The van der Waals surface area contributed by atoms with Gasteiger partial charge < -0.3 is 10.1 Å². The van der Waals surface area contributed by atoms with Crippen LogP contribution in [0.15, 0.2) is 21.2 Å². The second kappa shape index (κ2) is 4.78. The van der Waals surface area contributed by atoms with Gasteiger partial charge >= 0.3 is 0 Å². The van der Waals surface area contributed by atoms with Crippen LogP contribution in [0.5, 0.6) is 5.88 Å². The monoisotopic (exact) mass is 359 g/mol. The summed E-state index contributed by atoms with van der Waals surface area (Å²) in [6.07, 6.45) is 1.69. The van der Waals surface area contributed by atoms with E-state index < -0.39 is 0 Å². The van der Waals surface area contributed by atoms with Gasteiger partial charge in [0.05, 0.1) is 5.69 Å². The number of halogens is 2. The molecule has 0 fully saturated rings. The molecule has 2 N–H and O–H groups in total. The highest BCUT2D eigenvalue weighted by Crippen LogP contribution is 2.31. The van der Waals surface area contributed by atoms with Gasteiger partial charge in [-0.25, -0.2) is 0 Å². The van der Waals surface area contributed by atoms with Gasteiger partial charge in [-0.3, -0.25) is 4.98 Å². The van der Waals surface area contributed by atoms with Crippen LogP contribution in [-0.2, 0) is 0 Å². The summed E-state index contributed by atoms with van der Waals surface area (Å²) in [5.74, 6) is 0.780. The molecular formula is C11H11Br2N3O. The highest BCUT2D eigenvalue weighted by molar-refractivity contribution is 9.11. The molecule has 0 unspecified atom stereocenters. The third-order valence-electron chi connectivity index (χ3n) is 2.32. The fraction of sp³-hybridized carbons (Fsp3) is 0.273. The zero-order valence-electron chi connectivity index (χ0n) is 9.33. The van der Waals surface area contributed by atoms with Crippen molar-refractivity contribution in [3.63, 3.8) is 0 Å². The largest absolute Gasteiger partial charge is 0.492 e. The lowest BCUT2D eigenvalue weighted by Crippen LogP contribution is -1.90. The minimum atomic E-state index is 0.0339. The average Bonchev–Trinajstić information content (AvgIpc) is 2.60. The quantitative estimate of drug-likeness (QED) is 0.855. The average molecular weight is 361 g/mol. The summed E-state index contributed by atoms with van der Waals surface area (Å²) in [4.78, 5) is 11.4. The minimum Gasteiger partial charge on any atom is -0.492 e. The molecule has 0 saturated heterocycles. The molecule has 4 nitrogen and oxygen atoms in total. The van der Waals surface area contributed by atoms with Crippen molar-refractivity contribution in [2.45, 2.75) is 19.8 Å². The van der Waals surface area contributed by atoms with E-state index in [1.807, 2.05) is 19.9 Å². The predicted molar refractivity (Wildman–Crippen MR) is 73.0 cm³/mol. The van der Waals surface area contributed by atoms with Crippen LogP contribution in [-0.4, -0.2) is 20.1 Å². The summed E-state index contributed by atoms with van der Waals surface area (Å²) in [5, 5.41) is 9.71. The number of rotatable bonds is 2. The van der Waals surface area contributed by atoms with Gasteiger partial charge in [0, 0.05) is 15.1 Å². The Morgan fingerprint density at radius 2 is 2.06 bits per heavy atom. The molecular weight excluding hydrogens is 350 g/mol. The van der Waals surface area contributed by atoms with Gasteiger partial charge in [-0.15, -0.1) is 0 Å². The first kappa shape index (κ1) is 12.6. The van der Waals surface area contributed by atoms with Crippen molar-refractivity contribution >= 4 is 31.9 Å². The van der Waals surface area contributed by atoms with Crippen molar-refractivity contribution in [2.75, 3.05) is 0 Å². The van der Waals surface area contributed by atoms with E-state index in [1.165, 1.54) is 0 Å². The maximum atomic E-state index is 9.71. The lowest BCUT2D eigenvalue weighted by Gasteiger charge is -2.01. The van der Waals surface area contributed by atoms with Crippen LogP contribution in [0.2, 0.25) is 0 Å². The topological polar surface area (TPSA) is 61.8 Å². The van der Waals surface area contributed by atoms with E-state index in [9.17, 15) is 5.11 Å². The smallest absolute Gasteiger partial charge is 0.233 e. The fourth-order valence-electron chi connectivity index (χ4n) is 1.48. The molecule has 0 aromatic carbocycles. The van der Waals surface area contributed by atoms with Crippen molar-refractivity contribution in [1.29, 1.82) is 0 Å². The molecule has 0 radical (unpaired) electrons. The third-order valence-corrected chi connectivity index (χ3v) is 3.36. The van der Waals surface area contributed by atoms with E-state index in [0.717, 1.165) is 14.6 Å². The molecule has 0 aliphatic carbocycles. The number of aromatic amines is 1. The van der Waals surface area contributed by atoms with Gasteiger partial charge in [-0.05, 0) is 43.8 Å². The highest BCUT2D eigenvalue weighted by atomic mass is 79.9. The van der Waals surface area contributed by atoms with Crippen LogP contribution in [0.25, 0.3) is 11.5 Å². The Balaban J connectivity index is 2.50. The second-order valence-electron chi connectivity index (χ2n) is 3.96. The molecule has 2 aromatic heterocycles. The number of H-pyrrole nitrogens is 1. The normalized spacial score (nSPS) is 11.1. The Labute approximate surface area is 116 Å². The molecule has 0 amide bonds. The molecule has 2 rings (SSSR count). The van der Waals surface area contributed by atoms with Gasteiger partial charge in [-0.2, -0.15) is 4.98 Å². The number of nitrogens with one attached hydrogen (secondary N) is 1. The van der Waals surface area contributed by atoms with Crippen LogP contribution < -0.4 is 0 Å². The summed E-state index contributed by atoms with van der Waals surface area (Å²) in [7, 11) is 0. The van der Waals surface area contributed by atoms with E-state index in [2.05, 4.69) is 46.8 Å². The van der Waals surface area contributed by atoms with E-state index in [0.29, 0.717) is 11.5 Å². The molecule has 6 heteroatoms. The van der Waals surface area contributed by atoms with E-state index >= 15 is 0 Å². The molecule has 0 atom stereocenters. The van der Waals surface area contributed by atoms with E-state index in [1.54, 1.807) is 6.20 Å². The van der Waals surface area contributed by atoms with Crippen LogP contribution in [0.4, 0.5) is 0 Å². The molecule has 0 saturated carbocycles. The molecule has 2 aromatic rings. The van der Waals surface area contributed by atoms with Crippen LogP contribution in [0.1, 0.15) is 25.5 Å². The summed E-state index contributed by atoms with van der Waals surface area (Å²) < 4.78 is 1.70. The maximum absolute atomic E-state index is 9.71. The third kappa shape index (κ3) is 2.52. The molecule has 0 spiro atoms. The first-order valence-corrected chi connectivity index (χ1v) is 6.68. The lowest BCUT2D eigenvalue weighted by atomic mass is 10.1. The Hall–Kier alpha value is -0.880. The van der Waals surface area contributed by atoms with Crippen molar-refractivity contribution in [3.05, 3.63) is 26.9 Å². The predicted octanol–water partition coefficient (Wildman–Crippen LogP) is 3.83. The summed E-state index contributed by atoms with van der Waals surface area (Å²) >= 11 is 6.76. The number of pyridine rings is 1. The first-order valence-electron chi connectivity index (χ1n) is 5.09. The fourth-order valence-corrected chi connectivity index (χ4v) is 2.66. The van der Waals surface area contributed by atoms with E-state index in [-0.39, 0.29) is 11.8 Å². The van der Waals surface area contributed by atoms with Gasteiger partial charge in [0.1, 0.15) is 5.69 Å². The number of hydrogen-bond acceptors (Lipinski definition) is 3. The van der Waals surface area contributed by atoms with Crippen molar-refractivity contribution in [1.82, 2.24) is 15.0 Å². The SMILES string of the molecule is CC(C)c1[nH]c(-c2ncc(Br)cc2Br)nc1O. The van der Waals surface area contributed by atoms with Crippen LogP contribution >= 0.6 is 31.9 Å². The second-order valence-corrected chi connectivity index (χ2v) is 5.73. The number of aromatic nitrogens is 3. The Morgan fingerprint density at radius 3 is 2.59 bits per heavy atom. The maximum Gasteiger partial charge on any atom is 0.233 e. The number of hydrogen-bond donors (Lipinski definition) is 2. The molecule has 0 aliphatic heterocycles. The van der Waals surface area contributed by atoms with E-state index in [4.69, 9.17) is 0 Å². The Bertz CT molecular complexity index is 552. The van der Waals surface area contributed by atoms with Gasteiger partial charge in [0.25, 0.3) is 0 Å². The molecule has 0 bridgehead atoms. The van der Waals surface area contributed by atoms with Gasteiger partial charge in [0.15, 0.2) is 5.82 Å². The standard InChI is InChI=1S/C11H11Br2N3O/c1-5(2)8-11(17)16-10(15-8)9-7(13)3-6(12)4-14-9/h3-5,17H,1-2H3,(H,15,16). The van der Waals surface area contributed by atoms with Crippen LogP contribution in [0.3, 0.4) is 0 Å². The summed E-state index contributed by atoms with van der Waals surface area (Å²) in [6, 6.07) is 1.89. The number of nitrogens with zero attached hydrogens (tertiary/aromatic N) is 2. The molecule has 90 valence electrons. The zero-order valence-corrected chi connectivity index (χ0v) is 12.5. The van der Waals surface area contributed by atoms with Crippen LogP contribution in [0, 0.1) is 0 Å². The van der Waals surface area contributed by atoms with Gasteiger partial charge in [0.2, 0.25) is 5.88 Å². The van der Waals surface area contributed by atoms with Gasteiger partial charge in [-0.1, -0.05) is 13.8 Å². The minimum absolute atomic E-state index is 0.0339. The molecule has 0 aliphatic rings. The summed E-state index contributed by atoms with van der Waals surface area (Å²) in [6.45, 7) is 3.97. The highest BCUT2D eigenvalue weighted by Gasteiger charge is 2.16. The summed E-state index contributed by atoms with van der Waals surface area (Å²) in [5.41, 5.74) is 1.40. The Morgan fingerprint density at radius 1 is 1.35 bits per heavy atom. The van der Waals surface area contributed by atoms with Crippen molar-refractivity contribution in [2.24, 2.45) is 0 Å². The molecule has 2 heterocycles. The lowest BCUT2D eigenvalue weighted by molar-refractivity contribution is 0.446. The van der Waals surface area contributed by atoms with Crippen molar-refractivity contribution < 1.29 is 5.11 Å². The molecule has 17 heavy (non-hydrogen) atoms. The zero-order chi connectivity index (χ0) is 12.6.